The molecule has 0 atom stereocenters. The van der Waals surface area contributed by atoms with Crippen LogP contribution in [0, 0.1) is 0 Å². The van der Waals surface area contributed by atoms with E-state index in [0.717, 1.165) is 27.3 Å². The van der Waals surface area contributed by atoms with Crippen LogP contribution in [-0.4, -0.2) is 23.3 Å². The van der Waals surface area contributed by atoms with Crippen LogP contribution in [0.15, 0.2) is 27.6 Å². The lowest BCUT2D eigenvalue weighted by Crippen LogP contribution is -1.95. The van der Waals surface area contributed by atoms with Crippen LogP contribution >= 0.6 is 11.8 Å². The van der Waals surface area contributed by atoms with Gasteiger partial charge in [0.15, 0.2) is 5.58 Å². The number of fused-ring (bicyclic) bond motifs is 3. The summed E-state index contributed by atoms with van der Waals surface area (Å²) in [5.41, 5.74) is 7.83. The molecule has 92 valence electrons. The van der Waals surface area contributed by atoms with Gasteiger partial charge in [0.05, 0.1) is 7.11 Å². The molecule has 1 aromatic carbocycles. The normalized spacial score (nSPS) is 11.2. The quantitative estimate of drug-likeness (QED) is 0.564. The number of methoxy groups -OCH3 is 1. The van der Waals surface area contributed by atoms with Gasteiger partial charge in [0.1, 0.15) is 21.9 Å². The van der Waals surface area contributed by atoms with Gasteiger partial charge in [0.25, 0.3) is 0 Å². The molecule has 0 bridgehead atoms. The zero-order chi connectivity index (χ0) is 12.7. The monoisotopic (exact) mass is 261 g/mol. The van der Waals surface area contributed by atoms with E-state index in [1.54, 1.807) is 7.11 Å². The molecule has 18 heavy (non-hydrogen) atoms. The third-order valence-corrected chi connectivity index (χ3v) is 3.36. The number of aromatic nitrogens is 2. The van der Waals surface area contributed by atoms with Crippen molar-refractivity contribution in [2.45, 2.75) is 5.03 Å². The van der Waals surface area contributed by atoms with Gasteiger partial charge in [-0.2, -0.15) is 0 Å². The van der Waals surface area contributed by atoms with Crippen molar-refractivity contribution in [2.75, 3.05) is 19.1 Å². The molecule has 3 aromatic rings. The molecule has 0 aliphatic heterocycles. The smallest absolute Gasteiger partial charge is 0.221 e. The number of nitrogens with zero attached hydrogens (tertiary/aromatic N) is 2. The maximum atomic E-state index is 5.79. The van der Waals surface area contributed by atoms with E-state index >= 15 is 0 Å². The van der Waals surface area contributed by atoms with Crippen LogP contribution in [0.4, 0.5) is 5.95 Å². The number of rotatable bonds is 2. The first kappa shape index (κ1) is 11.2. The van der Waals surface area contributed by atoms with Crippen molar-refractivity contribution in [3.8, 4) is 5.75 Å². The second-order valence-electron chi connectivity index (χ2n) is 3.73. The minimum atomic E-state index is 0.255. The van der Waals surface area contributed by atoms with Gasteiger partial charge in [0, 0.05) is 11.5 Å². The Hall–Kier alpha value is -1.95. The minimum Gasteiger partial charge on any atom is -0.497 e. The van der Waals surface area contributed by atoms with Crippen molar-refractivity contribution in [3.63, 3.8) is 0 Å². The molecule has 0 unspecified atom stereocenters. The van der Waals surface area contributed by atoms with E-state index < -0.39 is 0 Å². The Morgan fingerprint density at radius 1 is 1.33 bits per heavy atom. The lowest BCUT2D eigenvalue weighted by atomic mass is 10.2. The van der Waals surface area contributed by atoms with E-state index in [9.17, 15) is 0 Å². The second-order valence-corrected chi connectivity index (χ2v) is 4.53. The lowest BCUT2D eigenvalue weighted by Gasteiger charge is -1.97. The summed E-state index contributed by atoms with van der Waals surface area (Å²) in [5.74, 6) is 0.999. The minimum absolute atomic E-state index is 0.255. The Morgan fingerprint density at radius 3 is 2.89 bits per heavy atom. The first-order valence-corrected chi connectivity index (χ1v) is 6.53. The van der Waals surface area contributed by atoms with Gasteiger partial charge in [-0.25, -0.2) is 9.97 Å². The summed E-state index contributed by atoms with van der Waals surface area (Å²) >= 11 is 1.48. The van der Waals surface area contributed by atoms with Crippen molar-refractivity contribution in [2.24, 2.45) is 0 Å². The number of benzene rings is 1. The van der Waals surface area contributed by atoms with E-state index in [1.165, 1.54) is 11.8 Å². The molecule has 0 saturated carbocycles. The Morgan fingerprint density at radius 2 is 2.17 bits per heavy atom. The van der Waals surface area contributed by atoms with Crippen molar-refractivity contribution in [1.29, 1.82) is 0 Å². The molecule has 0 fully saturated rings. The van der Waals surface area contributed by atoms with Crippen molar-refractivity contribution < 1.29 is 9.15 Å². The van der Waals surface area contributed by atoms with Gasteiger partial charge < -0.3 is 14.9 Å². The summed E-state index contributed by atoms with van der Waals surface area (Å²) in [6, 6.07) is 5.61. The van der Waals surface area contributed by atoms with Gasteiger partial charge in [-0.3, -0.25) is 0 Å². The van der Waals surface area contributed by atoms with Gasteiger partial charge >= 0.3 is 0 Å². The summed E-state index contributed by atoms with van der Waals surface area (Å²) in [7, 11) is 1.62. The van der Waals surface area contributed by atoms with E-state index in [-0.39, 0.29) is 5.95 Å². The number of thioether (sulfide) groups is 1. The molecule has 3 rings (SSSR count). The lowest BCUT2D eigenvalue weighted by molar-refractivity contribution is 0.414. The molecular weight excluding hydrogens is 250 g/mol. The fourth-order valence-electron chi connectivity index (χ4n) is 1.88. The molecule has 0 saturated heterocycles. The van der Waals surface area contributed by atoms with E-state index in [2.05, 4.69) is 9.97 Å². The van der Waals surface area contributed by atoms with Crippen LogP contribution in [0.2, 0.25) is 0 Å². The van der Waals surface area contributed by atoms with Crippen LogP contribution in [0.25, 0.3) is 22.1 Å². The molecule has 2 aromatic heterocycles. The van der Waals surface area contributed by atoms with E-state index in [4.69, 9.17) is 14.9 Å². The van der Waals surface area contributed by atoms with Gasteiger partial charge in [0.2, 0.25) is 5.95 Å². The van der Waals surface area contributed by atoms with Crippen molar-refractivity contribution in [3.05, 3.63) is 18.2 Å². The van der Waals surface area contributed by atoms with Gasteiger partial charge in [-0.05, 0) is 18.4 Å². The highest BCUT2D eigenvalue weighted by atomic mass is 32.2. The standard InChI is InChI=1S/C12H11N3O2S/c1-16-6-3-4-7-8(5-6)17-10-9(7)14-12(13)15-11(10)18-2/h3-5H,1-2H3,(H2,13,14,15). The Kier molecular flexibility index (Phi) is 2.52. The maximum Gasteiger partial charge on any atom is 0.221 e. The van der Waals surface area contributed by atoms with Crippen molar-refractivity contribution >= 4 is 39.8 Å². The molecule has 0 radical (unpaired) electrons. The third-order valence-electron chi connectivity index (χ3n) is 2.70. The van der Waals surface area contributed by atoms with E-state index in [1.807, 2.05) is 24.5 Å². The third kappa shape index (κ3) is 1.57. The average molecular weight is 261 g/mol. The number of nitrogen functional groups attached to an aromatic ring is 1. The number of nitrogens with two attached hydrogens (primary N) is 1. The summed E-state index contributed by atoms with van der Waals surface area (Å²) < 4.78 is 11.0. The highest BCUT2D eigenvalue weighted by Gasteiger charge is 2.14. The van der Waals surface area contributed by atoms with Crippen LogP contribution in [0.3, 0.4) is 0 Å². The predicted molar refractivity (Wildman–Crippen MR) is 72.1 cm³/mol. The highest BCUT2D eigenvalue weighted by molar-refractivity contribution is 7.98. The number of hydrogen-bond donors (Lipinski definition) is 1. The topological polar surface area (TPSA) is 74.2 Å². The van der Waals surface area contributed by atoms with Crippen LogP contribution < -0.4 is 10.5 Å². The molecular formula is C12H11N3O2S. The second kappa shape index (κ2) is 4.06. The van der Waals surface area contributed by atoms with Crippen LogP contribution in [0.1, 0.15) is 0 Å². The summed E-state index contributed by atoms with van der Waals surface area (Å²) in [6.45, 7) is 0. The molecule has 0 amide bonds. The van der Waals surface area contributed by atoms with E-state index in [0.29, 0.717) is 5.58 Å². The van der Waals surface area contributed by atoms with Gasteiger partial charge in [-0.1, -0.05) is 0 Å². The largest absolute Gasteiger partial charge is 0.497 e. The molecule has 5 nitrogen and oxygen atoms in total. The Balaban J connectivity index is 2.42. The predicted octanol–water partition coefficient (Wildman–Crippen LogP) is 2.69. The summed E-state index contributed by atoms with van der Waals surface area (Å²) in [4.78, 5) is 8.41. The molecule has 0 aliphatic rings. The Bertz CT molecular complexity index is 739. The molecule has 2 heterocycles. The zero-order valence-corrected chi connectivity index (χ0v) is 10.7. The first-order chi connectivity index (χ1) is 8.72. The fourth-order valence-corrected chi connectivity index (χ4v) is 2.39. The SMILES string of the molecule is COc1ccc2c(c1)oc1c(SC)nc(N)nc12. The average Bonchev–Trinajstić information content (AvgIpc) is 2.75. The summed E-state index contributed by atoms with van der Waals surface area (Å²) in [5, 5.41) is 1.66. The first-order valence-electron chi connectivity index (χ1n) is 5.30. The molecule has 6 heteroatoms. The van der Waals surface area contributed by atoms with Crippen LogP contribution in [-0.2, 0) is 0 Å². The van der Waals surface area contributed by atoms with Crippen LogP contribution in [0.5, 0.6) is 5.75 Å². The highest BCUT2D eigenvalue weighted by Crippen LogP contribution is 2.34. The maximum absolute atomic E-state index is 5.79. The molecule has 0 aliphatic carbocycles. The van der Waals surface area contributed by atoms with Crippen molar-refractivity contribution in [1.82, 2.24) is 9.97 Å². The number of furan rings is 1. The fraction of sp³-hybridized carbons (Fsp3) is 0.167. The number of anilines is 1. The Labute approximate surface area is 107 Å². The number of hydrogen-bond acceptors (Lipinski definition) is 6. The summed E-state index contributed by atoms with van der Waals surface area (Å²) in [6.07, 6.45) is 1.93. The molecule has 2 N–H and O–H groups in total. The number of ether oxygens (including phenoxy) is 1. The molecule has 0 spiro atoms. The van der Waals surface area contributed by atoms with Gasteiger partial charge in [-0.15, -0.1) is 11.8 Å². The zero-order valence-electron chi connectivity index (χ0n) is 9.93.